The normalized spacial score (nSPS) is 31.2. The summed E-state index contributed by atoms with van der Waals surface area (Å²) in [5, 5.41) is 25.5. The molecular formula is C21H25N2NaO4S2. The van der Waals surface area contributed by atoms with Crippen LogP contribution in [0.15, 0.2) is 45.8 Å². The number of carboxylic acids is 1. The van der Waals surface area contributed by atoms with Gasteiger partial charge in [-0.25, -0.2) is 0 Å². The van der Waals surface area contributed by atoms with Crippen LogP contribution in [0.2, 0.25) is 0 Å². The summed E-state index contributed by atoms with van der Waals surface area (Å²) in [5.41, 5.74) is 0.0107. The number of amides is 1. The Balaban J connectivity index is 0.00000256. The predicted molar refractivity (Wildman–Crippen MR) is 112 cm³/mol. The number of aliphatic hydroxyl groups is 1. The fourth-order valence-corrected chi connectivity index (χ4v) is 7.07. The van der Waals surface area contributed by atoms with Gasteiger partial charge < -0.3 is 25.2 Å². The molecule has 3 aliphatic heterocycles. The second-order valence-electron chi connectivity index (χ2n) is 7.96. The number of hydrogen-bond donors (Lipinski definition) is 2. The van der Waals surface area contributed by atoms with Crippen molar-refractivity contribution in [2.24, 2.45) is 11.8 Å². The Morgan fingerprint density at radius 1 is 1.37 bits per heavy atom. The number of hydrogen-bond acceptors (Lipinski definition) is 7. The number of carbonyl (C=O) groups excluding carboxylic acids is 2. The van der Waals surface area contributed by atoms with Crippen LogP contribution in [0.25, 0.3) is 0 Å². The summed E-state index contributed by atoms with van der Waals surface area (Å²) < 4.78 is 0. The Kier molecular flexibility index (Phi) is 8.04. The largest absolute Gasteiger partial charge is 1.00 e. The molecule has 0 aromatic heterocycles. The molecule has 6 nitrogen and oxygen atoms in total. The number of fused-ring (bicyclic) bond motifs is 1. The third kappa shape index (κ3) is 4.51. The Hall–Kier alpha value is -0.480. The van der Waals surface area contributed by atoms with Gasteiger partial charge in [0.25, 0.3) is 0 Å². The first-order valence-electron chi connectivity index (χ1n) is 9.93. The summed E-state index contributed by atoms with van der Waals surface area (Å²) in [5.74, 6) is -1.30. The minimum absolute atomic E-state index is 0. The van der Waals surface area contributed by atoms with Gasteiger partial charge in [-0.15, -0.1) is 23.5 Å². The van der Waals surface area contributed by atoms with Crippen LogP contribution in [0, 0.1) is 11.8 Å². The van der Waals surface area contributed by atoms with Crippen molar-refractivity contribution in [2.45, 2.75) is 48.6 Å². The van der Waals surface area contributed by atoms with Crippen molar-refractivity contribution in [1.29, 1.82) is 0 Å². The summed E-state index contributed by atoms with van der Waals surface area (Å²) in [6.45, 7) is 4.34. The molecule has 1 aromatic rings. The van der Waals surface area contributed by atoms with Crippen LogP contribution in [-0.2, 0) is 9.59 Å². The summed E-state index contributed by atoms with van der Waals surface area (Å²) in [6, 6.07) is 10.4. The maximum absolute atomic E-state index is 12.4. The topological polar surface area (TPSA) is 92.7 Å². The van der Waals surface area contributed by atoms with Gasteiger partial charge in [-0.05, 0) is 25.5 Å². The number of carboxylic acid groups (broad SMARTS) is 1. The third-order valence-electron chi connectivity index (χ3n) is 5.97. The molecule has 0 spiro atoms. The molecule has 3 heterocycles. The maximum atomic E-state index is 12.4. The Morgan fingerprint density at radius 3 is 2.70 bits per heavy atom. The van der Waals surface area contributed by atoms with Crippen molar-refractivity contribution in [3.05, 3.63) is 40.9 Å². The van der Waals surface area contributed by atoms with E-state index in [0.29, 0.717) is 6.04 Å². The fraction of sp³-hybridized carbons (Fsp3) is 0.524. The minimum atomic E-state index is -1.30. The van der Waals surface area contributed by atoms with E-state index < -0.39 is 18.0 Å². The molecule has 30 heavy (non-hydrogen) atoms. The summed E-state index contributed by atoms with van der Waals surface area (Å²) in [6.07, 6.45) is 0.158. The first-order chi connectivity index (χ1) is 13.9. The zero-order valence-electron chi connectivity index (χ0n) is 17.4. The van der Waals surface area contributed by atoms with Crippen molar-refractivity contribution < 1.29 is 49.4 Å². The molecule has 3 aliphatic rings. The number of thioether (sulfide) groups is 2. The van der Waals surface area contributed by atoms with E-state index in [9.17, 15) is 19.8 Å². The first-order valence-corrected chi connectivity index (χ1v) is 11.8. The van der Waals surface area contributed by atoms with E-state index in [2.05, 4.69) is 17.4 Å². The molecule has 0 unspecified atom stereocenters. The second-order valence-corrected chi connectivity index (χ2v) is 10.4. The Morgan fingerprint density at radius 2 is 2.07 bits per heavy atom. The fourth-order valence-electron chi connectivity index (χ4n) is 4.56. The van der Waals surface area contributed by atoms with E-state index in [-0.39, 0.29) is 58.4 Å². The molecule has 2 N–H and O–H groups in total. The maximum Gasteiger partial charge on any atom is 1.00 e. The molecule has 2 fully saturated rings. The third-order valence-corrected chi connectivity index (χ3v) is 8.66. The number of carbonyl (C=O) groups is 2. The predicted octanol–water partition coefficient (Wildman–Crippen LogP) is -1.93. The number of nitrogens with one attached hydrogen (secondary N) is 1. The van der Waals surface area contributed by atoms with Gasteiger partial charge in [-0.3, -0.25) is 4.79 Å². The van der Waals surface area contributed by atoms with Crippen LogP contribution in [-0.4, -0.2) is 57.6 Å². The van der Waals surface area contributed by atoms with E-state index in [1.807, 2.05) is 36.9 Å². The molecule has 1 aromatic carbocycles. The SMILES string of the molecule is C[C@@H](O)[C@H]1C(=O)N2C(C(=O)[O-])=C(S[C@@H]3CN[C@H](CSc4ccccc4)C3)[C@H](C)[C@H]12.[Na+]. The molecule has 4 rings (SSSR count). The van der Waals surface area contributed by atoms with E-state index >= 15 is 0 Å². The summed E-state index contributed by atoms with van der Waals surface area (Å²) >= 11 is 3.37. The number of aliphatic hydroxyl groups excluding tert-OH is 1. The number of rotatable bonds is 7. The molecule has 0 radical (unpaired) electrons. The van der Waals surface area contributed by atoms with Crippen molar-refractivity contribution >= 4 is 35.4 Å². The molecular weight excluding hydrogens is 431 g/mol. The van der Waals surface area contributed by atoms with Gasteiger partial charge in [0, 0.05) is 39.3 Å². The Labute approximate surface area is 207 Å². The van der Waals surface area contributed by atoms with E-state index in [4.69, 9.17) is 0 Å². The first kappa shape index (κ1) is 24.2. The number of aliphatic carboxylic acids is 1. The van der Waals surface area contributed by atoms with Crippen molar-refractivity contribution in [3.8, 4) is 0 Å². The molecule has 2 saturated heterocycles. The number of nitrogens with zero attached hydrogens (tertiary/aromatic N) is 1. The smallest absolute Gasteiger partial charge is 0.543 e. The van der Waals surface area contributed by atoms with Crippen LogP contribution in [0.4, 0.5) is 0 Å². The average Bonchev–Trinajstić information content (AvgIpc) is 3.22. The molecule has 9 heteroatoms. The monoisotopic (exact) mass is 456 g/mol. The van der Waals surface area contributed by atoms with Gasteiger partial charge in [-0.1, -0.05) is 25.1 Å². The average molecular weight is 457 g/mol. The number of benzene rings is 1. The molecule has 0 bridgehead atoms. The zero-order chi connectivity index (χ0) is 20.7. The van der Waals surface area contributed by atoms with Gasteiger partial charge in [0.1, 0.15) is 0 Å². The van der Waals surface area contributed by atoms with Crippen molar-refractivity contribution in [3.63, 3.8) is 0 Å². The number of β-lactam (4-membered cyclic amide) rings is 1. The second kappa shape index (κ2) is 9.98. The van der Waals surface area contributed by atoms with E-state index in [0.717, 1.165) is 23.6 Å². The van der Waals surface area contributed by atoms with Gasteiger partial charge in [0.2, 0.25) is 5.91 Å². The molecule has 6 atom stereocenters. The molecule has 156 valence electrons. The summed E-state index contributed by atoms with van der Waals surface area (Å²) in [7, 11) is 0. The minimum Gasteiger partial charge on any atom is -0.543 e. The summed E-state index contributed by atoms with van der Waals surface area (Å²) in [4.78, 5) is 27.5. The van der Waals surface area contributed by atoms with E-state index in [1.54, 1.807) is 18.7 Å². The van der Waals surface area contributed by atoms with Crippen molar-refractivity contribution in [1.82, 2.24) is 10.2 Å². The molecule has 0 aliphatic carbocycles. The standard InChI is InChI=1S/C21H26N2O4S2.Na/c1-11-17-16(12(2)24)20(25)23(17)18(21(26)27)19(11)29-15-8-13(22-9-15)10-28-14-6-4-3-5-7-14;/h3-7,11-13,15-17,22,24H,8-10H2,1-2H3,(H,26,27);/q;+1/p-1/t11-,12-,13+,15+,16-,17-;/m1./s1. The molecule has 1 amide bonds. The Bertz CT molecular complexity index is 836. The van der Waals surface area contributed by atoms with Crippen LogP contribution >= 0.6 is 23.5 Å². The van der Waals surface area contributed by atoms with Crippen molar-refractivity contribution in [2.75, 3.05) is 12.3 Å². The van der Waals surface area contributed by atoms with Gasteiger partial charge in [0.15, 0.2) is 0 Å². The van der Waals surface area contributed by atoms with Crippen LogP contribution in [0.3, 0.4) is 0 Å². The van der Waals surface area contributed by atoms with Crippen LogP contribution in [0.1, 0.15) is 20.3 Å². The van der Waals surface area contributed by atoms with Gasteiger partial charge in [0.05, 0.1) is 29.7 Å². The van der Waals surface area contributed by atoms with E-state index in [1.165, 1.54) is 9.80 Å². The van der Waals surface area contributed by atoms with Gasteiger partial charge >= 0.3 is 29.6 Å². The zero-order valence-corrected chi connectivity index (χ0v) is 21.0. The van der Waals surface area contributed by atoms with Gasteiger partial charge in [-0.2, -0.15) is 0 Å². The van der Waals surface area contributed by atoms with Crippen LogP contribution in [0.5, 0.6) is 0 Å². The van der Waals surface area contributed by atoms with Crippen LogP contribution < -0.4 is 40.0 Å². The quantitative estimate of drug-likeness (QED) is 0.280. The molecule has 0 saturated carbocycles.